The second-order valence-corrected chi connectivity index (χ2v) is 5.07. The number of benzene rings is 1. The molecule has 0 radical (unpaired) electrons. The van der Waals surface area contributed by atoms with E-state index in [9.17, 15) is 14.4 Å². The Labute approximate surface area is 111 Å². The molecule has 0 spiro atoms. The van der Waals surface area contributed by atoms with Crippen LogP contribution in [-0.2, 0) is 9.63 Å². The van der Waals surface area contributed by atoms with Crippen LogP contribution >= 0.6 is 0 Å². The number of nitrogens with zero attached hydrogens (tertiary/aromatic N) is 1. The van der Waals surface area contributed by atoms with Crippen LogP contribution in [0.25, 0.3) is 0 Å². The van der Waals surface area contributed by atoms with Gasteiger partial charge in [0.05, 0.1) is 16.5 Å². The number of carbonyl (C=O) groups excluding carboxylic acids is 3. The molecule has 1 aliphatic heterocycles. The minimum Gasteiger partial charge on any atom is -0.329 e. The van der Waals surface area contributed by atoms with Crippen molar-refractivity contribution in [2.75, 3.05) is 0 Å². The average molecular weight is 261 g/mol. The van der Waals surface area contributed by atoms with Crippen molar-refractivity contribution < 1.29 is 19.2 Å². The standard InChI is InChI=1S/C14H15NO4/c1-4-14(2,3)13(18)19-15-11(16)9-7-5-6-8-10(9)12(15)17/h5-8H,4H2,1-3H3. The number of amides is 2. The van der Waals surface area contributed by atoms with Gasteiger partial charge in [-0.3, -0.25) is 9.59 Å². The summed E-state index contributed by atoms with van der Waals surface area (Å²) in [5.41, 5.74) is -0.223. The van der Waals surface area contributed by atoms with E-state index in [0.717, 1.165) is 0 Å². The van der Waals surface area contributed by atoms with Crippen LogP contribution in [0.4, 0.5) is 0 Å². The molecule has 0 N–H and O–H groups in total. The SMILES string of the molecule is CCC(C)(C)C(=O)ON1C(=O)c2ccccc2C1=O. The number of carbonyl (C=O) groups is 3. The molecule has 19 heavy (non-hydrogen) atoms. The Bertz CT molecular complexity index is 527. The van der Waals surface area contributed by atoms with Crippen molar-refractivity contribution in [3.05, 3.63) is 35.4 Å². The van der Waals surface area contributed by atoms with Crippen molar-refractivity contribution in [3.63, 3.8) is 0 Å². The maximum Gasteiger partial charge on any atom is 0.338 e. The van der Waals surface area contributed by atoms with E-state index < -0.39 is 23.2 Å². The quantitative estimate of drug-likeness (QED) is 0.782. The van der Waals surface area contributed by atoms with E-state index in [-0.39, 0.29) is 11.1 Å². The highest BCUT2D eigenvalue weighted by atomic mass is 16.7. The molecule has 1 aliphatic rings. The summed E-state index contributed by atoms with van der Waals surface area (Å²) in [6.45, 7) is 5.24. The third-order valence-electron chi connectivity index (χ3n) is 3.37. The van der Waals surface area contributed by atoms with Crippen molar-refractivity contribution in [3.8, 4) is 0 Å². The van der Waals surface area contributed by atoms with Crippen LogP contribution in [0, 0.1) is 5.41 Å². The first-order valence-electron chi connectivity index (χ1n) is 6.08. The van der Waals surface area contributed by atoms with Crippen LogP contribution in [0.5, 0.6) is 0 Å². The normalized spacial score (nSPS) is 14.6. The van der Waals surface area contributed by atoms with Gasteiger partial charge >= 0.3 is 5.97 Å². The summed E-state index contributed by atoms with van der Waals surface area (Å²) in [7, 11) is 0. The van der Waals surface area contributed by atoms with Crippen LogP contribution in [0.15, 0.2) is 24.3 Å². The molecule has 0 aliphatic carbocycles. The summed E-state index contributed by atoms with van der Waals surface area (Å²) in [6, 6.07) is 6.39. The molecule has 2 rings (SSSR count). The molecule has 5 nitrogen and oxygen atoms in total. The zero-order valence-corrected chi connectivity index (χ0v) is 11.1. The molecule has 1 heterocycles. The molecule has 0 unspecified atom stereocenters. The zero-order chi connectivity index (χ0) is 14.2. The Balaban J connectivity index is 2.24. The smallest absolute Gasteiger partial charge is 0.329 e. The second kappa shape index (κ2) is 4.50. The van der Waals surface area contributed by atoms with E-state index in [1.807, 2.05) is 6.92 Å². The lowest BCUT2D eigenvalue weighted by Crippen LogP contribution is -2.37. The number of hydrogen-bond acceptors (Lipinski definition) is 4. The van der Waals surface area contributed by atoms with Gasteiger partial charge in [0.2, 0.25) is 0 Å². The summed E-state index contributed by atoms with van der Waals surface area (Å²) >= 11 is 0. The Kier molecular flexibility index (Phi) is 3.14. The van der Waals surface area contributed by atoms with Gasteiger partial charge in [0.1, 0.15) is 0 Å². The molecular formula is C14H15NO4. The zero-order valence-electron chi connectivity index (χ0n) is 11.1. The Morgan fingerprint density at radius 3 is 2.05 bits per heavy atom. The van der Waals surface area contributed by atoms with E-state index in [1.165, 1.54) is 12.1 Å². The van der Waals surface area contributed by atoms with Crippen molar-refractivity contribution in [1.29, 1.82) is 0 Å². The fourth-order valence-corrected chi connectivity index (χ4v) is 1.60. The maximum absolute atomic E-state index is 12.0. The highest BCUT2D eigenvalue weighted by molar-refractivity contribution is 6.20. The number of hydrogen-bond donors (Lipinski definition) is 0. The molecule has 0 aromatic heterocycles. The lowest BCUT2D eigenvalue weighted by Gasteiger charge is -2.22. The molecular weight excluding hydrogens is 246 g/mol. The lowest BCUT2D eigenvalue weighted by atomic mass is 9.91. The van der Waals surface area contributed by atoms with E-state index in [2.05, 4.69) is 0 Å². The molecule has 2 amide bonds. The minimum atomic E-state index is -0.741. The molecule has 100 valence electrons. The van der Waals surface area contributed by atoms with Gasteiger partial charge in [-0.2, -0.15) is 0 Å². The molecule has 1 aromatic rings. The fraction of sp³-hybridized carbons (Fsp3) is 0.357. The predicted molar refractivity (Wildman–Crippen MR) is 67.1 cm³/mol. The molecule has 0 saturated carbocycles. The van der Waals surface area contributed by atoms with Gasteiger partial charge in [0.25, 0.3) is 11.8 Å². The number of fused-ring (bicyclic) bond motifs is 1. The number of rotatable bonds is 3. The molecule has 5 heteroatoms. The van der Waals surface area contributed by atoms with Crippen molar-refractivity contribution in [1.82, 2.24) is 5.06 Å². The first-order chi connectivity index (χ1) is 8.88. The fourth-order valence-electron chi connectivity index (χ4n) is 1.60. The summed E-state index contributed by atoms with van der Waals surface area (Å²) in [6.07, 6.45) is 0.551. The molecule has 1 aromatic carbocycles. The van der Waals surface area contributed by atoms with E-state index >= 15 is 0 Å². The van der Waals surface area contributed by atoms with Gasteiger partial charge in [-0.05, 0) is 32.4 Å². The third kappa shape index (κ3) is 2.12. The molecule has 0 fully saturated rings. The van der Waals surface area contributed by atoms with Crippen LogP contribution in [0.2, 0.25) is 0 Å². The van der Waals surface area contributed by atoms with Crippen molar-refractivity contribution in [2.45, 2.75) is 27.2 Å². The first kappa shape index (κ1) is 13.3. The lowest BCUT2D eigenvalue weighted by molar-refractivity contribution is -0.179. The van der Waals surface area contributed by atoms with Crippen molar-refractivity contribution in [2.24, 2.45) is 5.41 Å². The van der Waals surface area contributed by atoms with Crippen LogP contribution in [0.1, 0.15) is 47.9 Å². The molecule has 0 bridgehead atoms. The minimum absolute atomic E-state index is 0.259. The van der Waals surface area contributed by atoms with E-state index in [4.69, 9.17) is 4.84 Å². The molecule has 0 saturated heterocycles. The molecule has 0 atom stereocenters. The van der Waals surface area contributed by atoms with Crippen LogP contribution in [-0.4, -0.2) is 22.8 Å². The highest BCUT2D eigenvalue weighted by Crippen LogP contribution is 2.27. The van der Waals surface area contributed by atoms with E-state index in [1.54, 1.807) is 26.0 Å². The summed E-state index contributed by atoms with van der Waals surface area (Å²) in [4.78, 5) is 40.9. The highest BCUT2D eigenvalue weighted by Gasteiger charge is 2.41. The average Bonchev–Trinajstić information content (AvgIpc) is 2.64. The van der Waals surface area contributed by atoms with Crippen LogP contribution < -0.4 is 0 Å². The first-order valence-corrected chi connectivity index (χ1v) is 6.08. The Morgan fingerprint density at radius 2 is 1.63 bits per heavy atom. The monoisotopic (exact) mass is 261 g/mol. The van der Waals surface area contributed by atoms with Gasteiger partial charge in [-0.25, -0.2) is 4.79 Å². The van der Waals surface area contributed by atoms with Gasteiger partial charge in [-0.1, -0.05) is 24.1 Å². The van der Waals surface area contributed by atoms with E-state index in [0.29, 0.717) is 11.5 Å². The second-order valence-electron chi connectivity index (χ2n) is 5.07. The summed E-state index contributed by atoms with van der Waals surface area (Å²) < 4.78 is 0. The Hall–Kier alpha value is -2.17. The van der Waals surface area contributed by atoms with Gasteiger partial charge in [0.15, 0.2) is 0 Å². The number of hydroxylamine groups is 2. The summed E-state index contributed by atoms with van der Waals surface area (Å²) in [5, 5.41) is 0.546. The topological polar surface area (TPSA) is 63.7 Å². The Morgan fingerprint density at radius 1 is 1.16 bits per heavy atom. The van der Waals surface area contributed by atoms with Gasteiger partial charge < -0.3 is 4.84 Å². The largest absolute Gasteiger partial charge is 0.338 e. The van der Waals surface area contributed by atoms with Gasteiger partial charge in [0, 0.05) is 0 Å². The third-order valence-corrected chi connectivity index (χ3v) is 3.37. The maximum atomic E-state index is 12.0. The number of imide groups is 1. The predicted octanol–water partition coefficient (Wildman–Crippen LogP) is 2.18. The summed E-state index contributed by atoms with van der Waals surface area (Å²) in [5.74, 6) is -1.79. The van der Waals surface area contributed by atoms with Crippen LogP contribution in [0.3, 0.4) is 0 Å². The van der Waals surface area contributed by atoms with Crippen molar-refractivity contribution >= 4 is 17.8 Å². The van der Waals surface area contributed by atoms with Gasteiger partial charge in [-0.15, -0.1) is 0 Å².